The molecule has 0 saturated heterocycles. The molecular weight excluding hydrogens is 234 g/mol. The summed E-state index contributed by atoms with van der Waals surface area (Å²) in [5.41, 5.74) is 1.68. The van der Waals surface area contributed by atoms with Gasteiger partial charge in [-0.2, -0.15) is 0 Å². The highest BCUT2D eigenvalue weighted by Gasteiger charge is 2.14. The van der Waals surface area contributed by atoms with Gasteiger partial charge in [-0.3, -0.25) is 4.79 Å². The fraction of sp³-hybridized carbons (Fsp3) is 0.231. The summed E-state index contributed by atoms with van der Waals surface area (Å²) in [5.74, 6) is 0.664. The first-order chi connectivity index (χ1) is 8.20. The van der Waals surface area contributed by atoms with Crippen molar-refractivity contribution in [1.82, 2.24) is 4.98 Å². The van der Waals surface area contributed by atoms with Crippen molar-refractivity contribution >= 4 is 17.1 Å². The van der Waals surface area contributed by atoms with Crippen molar-refractivity contribution in [3.63, 3.8) is 0 Å². The normalized spacial score (nSPS) is 10.2. The number of thiazole rings is 1. The highest BCUT2D eigenvalue weighted by Crippen LogP contribution is 2.21. The fourth-order valence-electron chi connectivity index (χ4n) is 1.61. The second-order valence-corrected chi connectivity index (χ2v) is 4.71. The maximum Gasteiger partial charge on any atom is 0.173 e. The number of methoxy groups -OCH3 is 1. The van der Waals surface area contributed by atoms with Gasteiger partial charge in [0, 0.05) is 11.6 Å². The molecule has 88 valence electrons. The van der Waals surface area contributed by atoms with Crippen LogP contribution in [0.3, 0.4) is 0 Å². The molecule has 1 aromatic heterocycles. The zero-order valence-corrected chi connectivity index (χ0v) is 10.6. The molecule has 0 saturated carbocycles. The van der Waals surface area contributed by atoms with Crippen LogP contribution in [0.15, 0.2) is 29.8 Å². The van der Waals surface area contributed by atoms with Crippen LogP contribution < -0.4 is 4.74 Å². The zero-order valence-electron chi connectivity index (χ0n) is 9.77. The summed E-state index contributed by atoms with van der Waals surface area (Å²) in [4.78, 5) is 16.2. The lowest BCUT2D eigenvalue weighted by Gasteiger charge is -2.07. The molecule has 4 heteroatoms. The Bertz CT molecular complexity index is 520. The van der Waals surface area contributed by atoms with Crippen molar-refractivity contribution in [2.75, 3.05) is 7.11 Å². The van der Waals surface area contributed by atoms with Crippen LogP contribution in [0.4, 0.5) is 0 Å². The maximum atomic E-state index is 12.1. The molecule has 1 aromatic carbocycles. The van der Waals surface area contributed by atoms with Crippen molar-refractivity contribution < 1.29 is 9.53 Å². The van der Waals surface area contributed by atoms with Crippen molar-refractivity contribution in [3.8, 4) is 5.75 Å². The number of aromatic nitrogens is 1. The van der Waals surface area contributed by atoms with Crippen LogP contribution in [0.25, 0.3) is 0 Å². The molecule has 0 aliphatic carbocycles. The Morgan fingerprint density at radius 1 is 1.47 bits per heavy atom. The molecule has 0 atom stereocenters. The number of nitrogens with zero attached hydrogens (tertiary/aromatic N) is 1. The van der Waals surface area contributed by atoms with Gasteiger partial charge in [-0.15, -0.1) is 11.3 Å². The number of hydrogen-bond acceptors (Lipinski definition) is 4. The van der Waals surface area contributed by atoms with Crippen molar-refractivity contribution in [2.24, 2.45) is 0 Å². The number of hydrogen-bond donors (Lipinski definition) is 0. The molecule has 2 rings (SSSR count). The molecule has 0 N–H and O–H groups in total. The van der Waals surface area contributed by atoms with Gasteiger partial charge < -0.3 is 4.74 Å². The second kappa shape index (κ2) is 5.10. The number of carbonyl (C=O) groups is 1. The predicted octanol–water partition coefficient (Wildman–Crippen LogP) is 2.89. The molecule has 0 amide bonds. The number of Topliss-reactive ketones (excluding diaryl/α,β-unsaturated/α-hetero) is 1. The Morgan fingerprint density at radius 3 is 2.94 bits per heavy atom. The molecule has 0 radical (unpaired) electrons. The van der Waals surface area contributed by atoms with Crippen LogP contribution in [0.1, 0.15) is 20.9 Å². The molecule has 0 fully saturated rings. The van der Waals surface area contributed by atoms with E-state index in [1.54, 1.807) is 13.3 Å². The minimum Gasteiger partial charge on any atom is -0.496 e. The van der Waals surface area contributed by atoms with E-state index in [9.17, 15) is 4.79 Å². The number of carbonyl (C=O) groups excluding carboxylic acids is 1. The van der Waals surface area contributed by atoms with Crippen molar-refractivity contribution in [3.05, 3.63) is 45.9 Å². The van der Waals surface area contributed by atoms with Crippen LogP contribution in [0, 0.1) is 6.92 Å². The van der Waals surface area contributed by atoms with Crippen molar-refractivity contribution in [2.45, 2.75) is 13.3 Å². The molecule has 0 unspecified atom stereocenters. The molecule has 17 heavy (non-hydrogen) atoms. The smallest absolute Gasteiger partial charge is 0.173 e. The second-order valence-electron chi connectivity index (χ2n) is 3.73. The average molecular weight is 247 g/mol. The summed E-state index contributed by atoms with van der Waals surface area (Å²) in [6.07, 6.45) is 2.04. The fourth-order valence-corrected chi connectivity index (χ4v) is 2.23. The van der Waals surface area contributed by atoms with Crippen LogP contribution in [0.5, 0.6) is 5.75 Å². The standard InChI is InChI=1S/C13H13NO2S/c1-9-3-4-12(16-2)10(7-9)11(15)8-13-14-5-6-17-13/h3-7H,8H2,1-2H3. The quantitative estimate of drug-likeness (QED) is 0.780. The van der Waals surface area contributed by atoms with E-state index in [1.807, 2.05) is 30.5 Å². The highest BCUT2D eigenvalue weighted by atomic mass is 32.1. The van der Waals surface area contributed by atoms with E-state index >= 15 is 0 Å². The van der Waals surface area contributed by atoms with E-state index in [0.29, 0.717) is 17.7 Å². The molecule has 0 aliphatic heterocycles. The molecule has 1 heterocycles. The van der Waals surface area contributed by atoms with Gasteiger partial charge in [0.1, 0.15) is 10.8 Å². The zero-order chi connectivity index (χ0) is 12.3. The minimum atomic E-state index is 0.0421. The van der Waals surface area contributed by atoms with Gasteiger partial charge in [0.25, 0.3) is 0 Å². The van der Waals surface area contributed by atoms with Gasteiger partial charge in [0.05, 0.1) is 19.1 Å². The molecule has 3 nitrogen and oxygen atoms in total. The van der Waals surface area contributed by atoms with E-state index < -0.39 is 0 Å². The largest absolute Gasteiger partial charge is 0.496 e. The third kappa shape index (κ3) is 2.71. The third-order valence-corrected chi connectivity index (χ3v) is 3.23. The van der Waals surface area contributed by atoms with Gasteiger partial charge >= 0.3 is 0 Å². The van der Waals surface area contributed by atoms with E-state index in [1.165, 1.54) is 11.3 Å². The summed E-state index contributed by atoms with van der Waals surface area (Å²) in [7, 11) is 1.57. The lowest BCUT2D eigenvalue weighted by molar-refractivity contribution is 0.0990. The van der Waals surface area contributed by atoms with E-state index in [0.717, 1.165) is 10.6 Å². The molecular formula is C13H13NO2S. The monoisotopic (exact) mass is 247 g/mol. The Kier molecular flexibility index (Phi) is 3.54. The predicted molar refractivity (Wildman–Crippen MR) is 67.9 cm³/mol. The summed E-state index contributed by atoms with van der Waals surface area (Å²) < 4.78 is 5.20. The van der Waals surface area contributed by atoms with Gasteiger partial charge in [-0.1, -0.05) is 11.6 Å². The van der Waals surface area contributed by atoms with Gasteiger partial charge in [-0.25, -0.2) is 4.98 Å². The topological polar surface area (TPSA) is 39.2 Å². The first-order valence-electron chi connectivity index (χ1n) is 5.27. The number of rotatable bonds is 4. The van der Waals surface area contributed by atoms with Crippen LogP contribution in [-0.4, -0.2) is 17.9 Å². The number of ketones is 1. The Labute approximate surface area is 104 Å². The number of ether oxygens (including phenoxy) is 1. The Morgan fingerprint density at radius 2 is 2.29 bits per heavy atom. The lowest BCUT2D eigenvalue weighted by atomic mass is 10.0. The molecule has 0 spiro atoms. The number of aryl methyl sites for hydroxylation is 1. The summed E-state index contributed by atoms with van der Waals surface area (Å²) in [6, 6.07) is 5.61. The van der Waals surface area contributed by atoms with E-state index in [4.69, 9.17) is 4.74 Å². The highest BCUT2D eigenvalue weighted by molar-refractivity contribution is 7.09. The Balaban J connectivity index is 2.26. The SMILES string of the molecule is COc1ccc(C)cc1C(=O)Cc1nccs1. The molecule has 2 aromatic rings. The Hall–Kier alpha value is -1.68. The van der Waals surface area contributed by atoms with Gasteiger partial charge in [0.15, 0.2) is 5.78 Å². The summed E-state index contributed by atoms with van der Waals surface area (Å²) in [6.45, 7) is 1.96. The first-order valence-corrected chi connectivity index (χ1v) is 6.15. The van der Waals surface area contributed by atoms with E-state index in [2.05, 4.69) is 4.98 Å². The minimum absolute atomic E-state index is 0.0421. The van der Waals surface area contributed by atoms with Gasteiger partial charge in [0.2, 0.25) is 0 Å². The molecule has 0 bridgehead atoms. The average Bonchev–Trinajstić information content (AvgIpc) is 2.81. The third-order valence-electron chi connectivity index (χ3n) is 2.45. The lowest BCUT2D eigenvalue weighted by Crippen LogP contribution is -2.06. The molecule has 0 aliphatic rings. The summed E-state index contributed by atoms with van der Waals surface area (Å²) in [5, 5.41) is 2.70. The first kappa shape index (κ1) is 11.8. The maximum absolute atomic E-state index is 12.1. The summed E-state index contributed by atoms with van der Waals surface area (Å²) >= 11 is 1.49. The van der Waals surface area contributed by atoms with Crippen LogP contribution in [0.2, 0.25) is 0 Å². The van der Waals surface area contributed by atoms with Crippen LogP contribution in [-0.2, 0) is 6.42 Å². The van der Waals surface area contributed by atoms with E-state index in [-0.39, 0.29) is 5.78 Å². The van der Waals surface area contributed by atoms with Gasteiger partial charge in [-0.05, 0) is 19.1 Å². The van der Waals surface area contributed by atoms with Crippen molar-refractivity contribution in [1.29, 1.82) is 0 Å². The number of benzene rings is 1. The van der Waals surface area contributed by atoms with Crippen LogP contribution >= 0.6 is 11.3 Å².